The number of benzene rings is 1. The standard InChI is InChI=1S/C12H7Cl2F3N2OS/c13-8-3-1-2-6(9(8)14)4-7-5-18-11(21-7)19-10(20)12(15,16)17/h1-3,5H,4H2,(H,18,19,20). The quantitative estimate of drug-likeness (QED) is 0.878. The van der Waals surface area contributed by atoms with Crippen molar-refractivity contribution in [3.63, 3.8) is 0 Å². The van der Waals surface area contributed by atoms with Crippen molar-refractivity contribution in [3.05, 3.63) is 44.9 Å². The van der Waals surface area contributed by atoms with Gasteiger partial charge in [-0.05, 0) is 11.6 Å². The average Bonchev–Trinajstić information content (AvgIpc) is 2.81. The SMILES string of the molecule is O=C(Nc1ncc(Cc2cccc(Cl)c2Cl)s1)C(F)(F)F. The molecule has 0 atom stereocenters. The zero-order valence-corrected chi connectivity index (χ0v) is 12.5. The molecule has 1 amide bonds. The van der Waals surface area contributed by atoms with E-state index in [0.717, 1.165) is 16.9 Å². The first-order valence-electron chi connectivity index (χ1n) is 5.53. The van der Waals surface area contributed by atoms with Gasteiger partial charge in [-0.3, -0.25) is 10.1 Å². The first-order chi connectivity index (χ1) is 9.77. The number of nitrogens with zero attached hydrogens (tertiary/aromatic N) is 1. The number of amides is 1. The van der Waals surface area contributed by atoms with Gasteiger partial charge >= 0.3 is 12.1 Å². The minimum Gasteiger partial charge on any atom is -0.294 e. The molecule has 21 heavy (non-hydrogen) atoms. The van der Waals surface area contributed by atoms with Crippen molar-refractivity contribution in [2.24, 2.45) is 0 Å². The topological polar surface area (TPSA) is 42.0 Å². The summed E-state index contributed by atoms with van der Waals surface area (Å²) in [5.74, 6) is -2.05. The van der Waals surface area contributed by atoms with E-state index in [1.165, 1.54) is 6.20 Å². The van der Waals surface area contributed by atoms with E-state index >= 15 is 0 Å². The highest BCUT2D eigenvalue weighted by Gasteiger charge is 2.39. The van der Waals surface area contributed by atoms with Gasteiger partial charge in [0.05, 0.1) is 10.0 Å². The third-order valence-corrected chi connectivity index (χ3v) is 4.20. The molecule has 0 unspecified atom stereocenters. The number of aromatic nitrogens is 1. The zero-order valence-electron chi connectivity index (χ0n) is 10.2. The van der Waals surface area contributed by atoms with Gasteiger partial charge in [0.2, 0.25) is 0 Å². The van der Waals surface area contributed by atoms with Crippen LogP contribution in [-0.2, 0) is 11.2 Å². The highest BCUT2D eigenvalue weighted by Crippen LogP contribution is 2.30. The van der Waals surface area contributed by atoms with Crippen molar-refractivity contribution in [3.8, 4) is 0 Å². The Bertz CT molecular complexity index is 673. The fraction of sp³-hybridized carbons (Fsp3) is 0.167. The largest absolute Gasteiger partial charge is 0.471 e. The maximum absolute atomic E-state index is 12.1. The number of anilines is 1. The minimum absolute atomic E-state index is 0.120. The molecule has 9 heteroatoms. The van der Waals surface area contributed by atoms with E-state index in [1.54, 1.807) is 23.5 Å². The lowest BCUT2D eigenvalue weighted by atomic mass is 10.1. The van der Waals surface area contributed by atoms with E-state index in [1.807, 2.05) is 0 Å². The number of carbonyl (C=O) groups excluding carboxylic acids is 1. The molecule has 0 bridgehead atoms. The van der Waals surface area contributed by atoms with E-state index in [2.05, 4.69) is 4.98 Å². The third kappa shape index (κ3) is 4.09. The Hall–Kier alpha value is -1.31. The fourth-order valence-electron chi connectivity index (χ4n) is 1.49. The van der Waals surface area contributed by atoms with Crippen LogP contribution in [0.25, 0.3) is 0 Å². The maximum atomic E-state index is 12.1. The van der Waals surface area contributed by atoms with E-state index in [-0.39, 0.29) is 5.13 Å². The Morgan fingerprint density at radius 2 is 2.05 bits per heavy atom. The monoisotopic (exact) mass is 354 g/mol. The number of hydrogen-bond donors (Lipinski definition) is 1. The lowest BCUT2D eigenvalue weighted by Gasteiger charge is -2.04. The maximum Gasteiger partial charge on any atom is 0.471 e. The van der Waals surface area contributed by atoms with Crippen molar-refractivity contribution < 1.29 is 18.0 Å². The van der Waals surface area contributed by atoms with Crippen molar-refractivity contribution in [1.29, 1.82) is 0 Å². The van der Waals surface area contributed by atoms with Crippen LogP contribution in [0, 0.1) is 0 Å². The second-order valence-corrected chi connectivity index (χ2v) is 5.87. The average molecular weight is 355 g/mol. The van der Waals surface area contributed by atoms with Gasteiger partial charge in [-0.1, -0.05) is 35.3 Å². The second kappa shape index (κ2) is 6.21. The molecule has 0 aliphatic heterocycles. The summed E-state index contributed by atoms with van der Waals surface area (Å²) >= 11 is 12.8. The number of thiazole rings is 1. The summed E-state index contributed by atoms with van der Waals surface area (Å²) in [6.07, 6.45) is -3.20. The van der Waals surface area contributed by atoms with E-state index in [0.29, 0.717) is 21.3 Å². The number of carbonyl (C=O) groups is 1. The molecular weight excluding hydrogens is 348 g/mol. The Balaban J connectivity index is 2.10. The molecule has 112 valence electrons. The summed E-state index contributed by atoms with van der Waals surface area (Å²) in [4.78, 5) is 15.2. The molecule has 0 saturated carbocycles. The summed E-state index contributed by atoms with van der Waals surface area (Å²) in [5.41, 5.74) is 0.724. The molecule has 0 radical (unpaired) electrons. The Morgan fingerprint density at radius 1 is 1.33 bits per heavy atom. The molecule has 3 nitrogen and oxygen atoms in total. The molecular formula is C12H7Cl2F3N2OS. The van der Waals surface area contributed by atoms with Crippen molar-refractivity contribution in [2.75, 3.05) is 5.32 Å². The van der Waals surface area contributed by atoms with Gasteiger partial charge in [-0.15, -0.1) is 11.3 Å². The second-order valence-electron chi connectivity index (χ2n) is 3.97. The first-order valence-corrected chi connectivity index (χ1v) is 7.10. The number of nitrogens with one attached hydrogen (secondary N) is 1. The molecule has 1 aromatic heterocycles. The molecule has 0 fully saturated rings. The van der Waals surface area contributed by atoms with Crippen molar-refractivity contribution >= 4 is 45.6 Å². The molecule has 1 aromatic carbocycles. The van der Waals surface area contributed by atoms with Crippen LogP contribution in [0.3, 0.4) is 0 Å². The molecule has 0 spiro atoms. The van der Waals surface area contributed by atoms with Crippen molar-refractivity contribution in [2.45, 2.75) is 12.6 Å². The molecule has 1 heterocycles. The Morgan fingerprint density at radius 3 is 2.71 bits per heavy atom. The van der Waals surface area contributed by atoms with E-state index < -0.39 is 12.1 Å². The van der Waals surface area contributed by atoms with Crippen LogP contribution in [0.1, 0.15) is 10.4 Å². The van der Waals surface area contributed by atoms with Gasteiger partial charge in [-0.25, -0.2) is 4.98 Å². The Kier molecular flexibility index (Phi) is 4.75. The van der Waals surface area contributed by atoms with Gasteiger partial charge in [0.25, 0.3) is 0 Å². The third-order valence-electron chi connectivity index (χ3n) is 2.43. The number of rotatable bonds is 3. The molecule has 0 saturated heterocycles. The van der Waals surface area contributed by atoms with E-state index in [9.17, 15) is 18.0 Å². The first kappa shape index (κ1) is 16.1. The van der Waals surface area contributed by atoms with Gasteiger partial charge < -0.3 is 0 Å². The van der Waals surface area contributed by atoms with Crippen molar-refractivity contribution in [1.82, 2.24) is 4.98 Å². The highest BCUT2D eigenvalue weighted by atomic mass is 35.5. The lowest BCUT2D eigenvalue weighted by Crippen LogP contribution is -2.29. The van der Waals surface area contributed by atoms with Gasteiger partial charge in [-0.2, -0.15) is 13.2 Å². The van der Waals surface area contributed by atoms with Crippen LogP contribution in [0.15, 0.2) is 24.4 Å². The van der Waals surface area contributed by atoms with Gasteiger partial charge in [0, 0.05) is 17.5 Å². The summed E-state index contributed by atoms with van der Waals surface area (Å²) in [5, 5.41) is 2.35. The molecule has 0 aliphatic rings. The fourth-order valence-corrected chi connectivity index (χ4v) is 2.71. The van der Waals surface area contributed by atoms with Gasteiger partial charge in [0.1, 0.15) is 0 Å². The summed E-state index contributed by atoms with van der Waals surface area (Å²) in [6, 6.07) is 5.11. The molecule has 2 rings (SSSR count). The molecule has 2 aromatic rings. The summed E-state index contributed by atoms with van der Waals surface area (Å²) in [7, 11) is 0. The minimum atomic E-state index is -4.94. The summed E-state index contributed by atoms with van der Waals surface area (Å²) < 4.78 is 36.4. The van der Waals surface area contributed by atoms with Crippen LogP contribution in [0.5, 0.6) is 0 Å². The van der Waals surface area contributed by atoms with Crippen LogP contribution in [-0.4, -0.2) is 17.1 Å². The molecule has 1 N–H and O–H groups in total. The number of alkyl halides is 3. The summed E-state index contributed by atoms with van der Waals surface area (Å²) in [6.45, 7) is 0. The lowest BCUT2D eigenvalue weighted by molar-refractivity contribution is -0.167. The van der Waals surface area contributed by atoms with E-state index in [4.69, 9.17) is 23.2 Å². The van der Waals surface area contributed by atoms with Crippen LogP contribution < -0.4 is 5.32 Å². The number of halogens is 5. The van der Waals surface area contributed by atoms with Gasteiger partial charge in [0.15, 0.2) is 5.13 Å². The smallest absolute Gasteiger partial charge is 0.294 e. The normalized spacial score (nSPS) is 11.5. The van der Waals surface area contributed by atoms with Crippen LogP contribution in [0.2, 0.25) is 10.0 Å². The van der Waals surface area contributed by atoms with Crippen LogP contribution in [0.4, 0.5) is 18.3 Å². The predicted molar refractivity (Wildman–Crippen MR) is 76.1 cm³/mol. The zero-order chi connectivity index (χ0) is 15.6. The molecule has 0 aliphatic carbocycles. The van der Waals surface area contributed by atoms with Crippen LogP contribution >= 0.6 is 34.5 Å². The number of hydrogen-bond acceptors (Lipinski definition) is 3. The predicted octanol–water partition coefficient (Wildman–Crippen LogP) is 4.54. The Labute approximate surface area is 131 Å². The highest BCUT2D eigenvalue weighted by molar-refractivity contribution is 7.15.